The van der Waals surface area contributed by atoms with Crippen molar-refractivity contribution < 1.29 is 14.0 Å². The molecule has 8 heteroatoms. The smallest absolute Gasteiger partial charge is 0.231 e. The molecule has 2 aromatic heterocycles. The maximum absolute atomic E-state index is 12.0. The summed E-state index contributed by atoms with van der Waals surface area (Å²) in [5, 5.41) is 10.5. The Labute approximate surface area is 118 Å². The van der Waals surface area contributed by atoms with Gasteiger partial charge >= 0.3 is 0 Å². The predicted molar refractivity (Wildman–Crippen MR) is 70.8 cm³/mol. The van der Waals surface area contributed by atoms with Gasteiger partial charge in [-0.15, -0.1) is 10.2 Å². The lowest BCUT2D eigenvalue weighted by atomic mass is 10.1. The first kappa shape index (κ1) is 12.8. The maximum Gasteiger partial charge on any atom is 0.231 e. The quantitative estimate of drug-likeness (QED) is 0.912. The fourth-order valence-electron chi connectivity index (χ4n) is 2.13. The number of furan rings is 1. The number of hydrogen-bond acceptors (Lipinski definition) is 6. The third-order valence-electron chi connectivity index (χ3n) is 3.10. The van der Waals surface area contributed by atoms with Crippen molar-refractivity contribution in [3.05, 3.63) is 29.7 Å². The summed E-state index contributed by atoms with van der Waals surface area (Å²) in [6, 6.07) is 3.58. The molecule has 1 fully saturated rings. The van der Waals surface area contributed by atoms with E-state index in [2.05, 4.69) is 15.5 Å². The Morgan fingerprint density at radius 2 is 2.50 bits per heavy atom. The molecular weight excluding hydrogens is 280 g/mol. The summed E-state index contributed by atoms with van der Waals surface area (Å²) in [6.45, 7) is 0.790. The van der Waals surface area contributed by atoms with Crippen LogP contribution in [0.5, 0.6) is 0 Å². The van der Waals surface area contributed by atoms with Crippen LogP contribution in [-0.4, -0.2) is 33.5 Å². The Hall–Kier alpha value is -2.22. The van der Waals surface area contributed by atoms with Crippen LogP contribution < -0.4 is 5.32 Å². The average Bonchev–Trinajstić information content (AvgIpc) is 3.13. The topological polar surface area (TPSA) is 88.3 Å². The first-order valence-corrected chi connectivity index (χ1v) is 6.97. The Bertz CT molecular complexity index is 596. The number of likely N-dealkylation sites (tertiary alicyclic amines) is 1. The van der Waals surface area contributed by atoms with Gasteiger partial charge in [-0.1, -0.05) is 11.3 Å². The normalized spacial score (nSPS) is 18.5. The van der Waals surface area contributed by atoms with Crippen molar-refractivity contribution in [3.8, 4) is 0 Å². The Morgan fingerprint density at radius 1 is 1.60 bits per heavy atom. The van der Waals surface area contributed by atoms with Gasteiger partial charge in [-0.2, -0.15) is 0 Å². The van der Waals surface area contributed by atoms with E-state index in [-0.39, 0.29) is 24.2 Å². The first-order valence-electron chi connectivity index (χ1n) is 6.09. The van der Waals surface area contributed by atoms with Crippen LogP contribution >= 0.6 is 11.3 Å². The molecule has 104 valence electrons. The molecule has 0 radical (unpaired) electrons. The summed E-state index contributed by atoms with van der Waals surface area (Å²) in [7, 11) is 0. The molecule has 1 aliphatic heterocycles. The summed E-state index contributed by atoms with van der Waals surface area (Å²) in [5.41, 5.74) is 1.54. The van der Waals surface area contributed by atoms with Gasteiger partial charge in [0.2, 0.25) is 16.9 Å². The number of anilines is 1. The van der Waals surface area contributed by atoms with Gasteiger partial charge in [0.05, 0.1) is 18.7 Å². The van der Waals surface area contributed by atoms with Crippen LogP contribution in [0.2, 0.25) is 0 Å². The van der Waals surface area contributed by atoms with Gasteiger partial charge in [0.25, 0.3) is 0 Å². The van der Waals surface area contributed by atoms with E-state index in [0.717, 1.165) is 0 Å². The highest BCUT2D eigenvalue weighted by molar-refractivity contribution is 7.13. The second kappa shape index (κ2) is 5.41. The molecule has 0 saturated carbocycles. The van der Waals surface area contributed by atoms with Crippen LogP contribution in [0.3, 0.4) is 0 Å². The van der Waals surface area contributed by atoms with Crippen molar-refractivity contribution in [2.24, 2.45) is 5.92 Å². The van der Waals surface area contributed by atoms with E-state index in [1.807, 2.05) is 6.07 Å². The van der Waals surface area contributed by atoms with Crippen molar-refractivity contribution >= 4 is 28.3 Å². The van der Waals surface area contributed by atoms with Gasteiger partial charge in [-0.3, -0.25) is 9.59 Å². The summed E-state index contributed by atoms with van der Waals surface area (Å²) in [6.07, 6.45) is 1.78. The van der Waals surface area contributed by atoms with E-state index in [4.69, 9.17) is 4.42 Å². The molecule has 1 saturated heterocycles. The number of carbonyl (C=O) groups excluding carboxylic acids is 2. The van der Waals surface area contributed by atoms with Crippen LogP contribution in [0.25, 0.3) is 0 Å². The molecule has 0 aliphatic carbocycles. The van der Waals surface area contributed by atoms with Crippen LogP contribution in [0.1, 0.15) is 12.2 Å². The average molecular weight is 292 g/mol. The van der Waals surface area contributed by atoms with Crippen LogP contribution in [0.4, 0.5) is 5.13 Å². The van der Waals surface area contributed by atoms with Gasteiger partial charge < -0.3 is 14.6 Å². The van der Waals surface area contributed by atoms with E-state index < -0.39 is 0 Å². The zero-order valence-corrected chi connectivity index (χ0v) is 11.3. The highest BCUT2D eigenvalue weighted by atomic mass is 32.1. The lowest BCUT2D eigenvalue weighted by molar-refractivity contribution is -0.128. The fraction of sp³-hybridized carbons (Fsp3) is 0.333. The van der Waals surface area contributed by atoms with E-state index >= 15 is 0 Å². The van der Waals surface area contributed by atoms with Crippen LogP contribution in [0.15, 0.2) is 28.3 Å². The molecule has 0 unspecified atom stereocenters. The van der Waals surface area contributed by atoms with Gasteiger partial charge in [0, 0.05) is 13.0 Å². The van der Waals surface area contributed by atoms with Crippen molar-refractivity contribution in [3.63, 3.8) is 0 Å². The number of aromatic nitrogens is 2. The molecule has 0 aromatic carbocycles. The summed E-state index contributed by atoms with van der Waals surface area (Å²) < 4.78 is 5.21. The Morgan fingerprint density at radius 3 is 3.20 bits per heavy atom. The molecule has 20 heavy (non-hydrogen) atoms. The number of rotatable bonds is 4. The van der Waals surface area contributed by atoms with E-state index in [1.54, 1.807) is 22.7 Å². The SMILES string of the molecule is O=C(Nc1nncs1)[C@H]1CC(=O)N(Cc2ccco2)C1. The van der Waals surface area contributed by atoms with Crippen LogP contribution in [0, 0.1) is 5.92 Å². The molecular formula is C12H12N4O3S. The molecule has 0 bridgehead atoms. The monoisotopic (exact) mass is 292 g/mol. The molecule has 3 heterocycles. The fourth-order valence-corrected chi connectivity index (χ4v) is 2.57. The van der Waals surface area contributed by atoms with Gasteiger partial charge in [-0.05, 0) is 12.1 Å². The lowest BCUT2D eigenvalue weighted by Gasteiger charge is -2.14. The first-order chi connectivity index (χ1) is 9.72. The molecule has 0 spiro atoms. The molecule has 1 aliphatic rings. The minimum Gasteiger partial charge on any atom is -0.467 e. The summed E-state index contributed by atoms with van der Waals surface area (Å²) in [5.74, 6) is 0.112. The van der Waals surface area contributed by atoms with Gasteiger partial charge in [-0.25, -0.2) is 0 Å². The number of carbonyl (C=O) groups is 2. The maximum atomic E-state index is 12.0. The standard InChI is InChI=1S/C12H12N4O3S/c17-10-4-8(11(18)14-12-15-13-7-20-12)5-16(10)6-9-2-1-3-19-9/h1-3,7-8H,4-6H2,(H,14,15,18)/t8-/m0/s1. The zero-order valence-electron chi connectivity index (χ0n) is 10.5. The summed E-state index contributed by atoms with van der Waals surface area (Å²) >= 11 is 1.25. The third-order valence-corrected chi connectivity index (χ3v) is 3.71. The third kappa shape index (κ3) is 2.69. The minimum absolute atomic E-state index is 0.0428. The van der Waals surface area contributed by atoms with Crippen LogP contribution in [-0.2, 0) is 16.1 Å². The highest BCUT2D eigenvalue weighted by Crippen LogP contribution is 2.22. The van der Waals surface area contributed by atoms with Crippen molar-refractivity contribution in [1.82, 2.24) is 15.1 Å². The van der Waals surface area contributed by atoms with E-state index in [0.29, 0.717) is 24.0 Å². The second-order valence-electron chi connectivity index (χ2n) is 4.49. The molecule has 2 aromatic rings. The van der Waals surface area contributed by atoms with Crippen molar-refractivity contribution in [2.75, 3.05) is 11.9 Å². The number of amides is 2. The summed E-state index contributed by atoms with van der Waals surface area (Å²) in [4.78, 5) is 25.6. The number of nitrogens with zero attached hydrogens (tertiary/aromatic N) is 3. The minimum atomic E-state index is -0.360. The Kier molecular flexibility index (Phi) is 3.46. The largest absolute Gasteiger partial charge is 0.467 e. The molecule has 1 atom stereocenters. The second-order valence-corrected chi connectivity index (χ2v) is 5.32. The highest BCUT2D eigenvalue weighted by Gasteiger charge is 2.34. The zero-order chi connectivity index (χ0) is 13.9. The molecule has 3 rings (SSSR count). The number of hydrogen-bond donors (Lipinski definition) is 1. The van der Waals surface area contributed by atoms with Crippen molar-refractivity contribution in [2.45, 2.75) is 13.0 Å². The van der Waals surface area contributed by atoms with Gasteiger partial charge in [0.1, 0.15) is 11.3 Å². The van der Waals surface area contributed by atoms with Crippen molar-refractivity contribution in [1.29, 1.82) is 0 Å². The number of nitrogens with one attached hydrogen (secondary N) is 1. The van der Waals surface area contributed by atoms with Gasteiger partial charge in [0.15, 0.2) is 0 Å². The van der Waals surface area contributed by atoms with E-state index in [9.17, 15) is 9.59 Å². The van der Waals surface area contributed by atoms with E-state index in [1.165, 1.54) is 11.3 Å². The predicted octanol–water partition coefficient (Wildman–Crippen LogP) is 1.12. The Balaban J connectivity index is 1.60. The molecule has 1 N–H and O–H groups in total. The lowest BCUT2D eigenvalue weighted by Crippen LogP contribution is -2.27. The molecule has 2 amide bonds. The molecule has 7 nitrogen and oxygen atoms in total.